The molecular formula is C20H19NO6S. The molecule has 28 heavy (non-hydrogen) atoms. The molecule has 3 rings (SSSR count). The fourth-order valence-electron chi connectivity index (χ4n) is 2.60. The Bertz CT molecular complexity index is 996. The first kappa shape index (κ1) is 19.5. The Labute approximate surface area is 165 Å². The fraction of sp³-hybridized carbons (Fsp3) is 0.200. The van der Waals surface area contributed by atoms with Crippen LogP contribution < -0.4 is 19.5 Å². The predicted molar refractivity (Wildman–Crippen MR) is 107 cm³/mol. The molecule has 0 radical (unpaired) electrons. The number of anilines is 1. The summed E-state index contributed by atoms with van der Waals surface area (Å²) in [5, 5.41) is 3.50. The van der Waals surface area contributed by atoms with E-state index in [0.29, 0.717) is 27.8 Å². The van der Waals surface area contributed by atoms with E-state index in [1.54, 1.807) is 43.5 Å². The van der Waals surface area contributed by atoms with Crippen molar-refractivity contribution in [1.82, 2.24) is 0 Å². The van der Waals surface area contributed by atoms with Crippen molar-refractivity contribution in [3.05, 3.63) is 47.3 Å². The quantitative estimate of drug-likeness (QED) is 0.608. The summed E-state index contributed by atoms with van der Waals surface area (Å²) in [6.45, 7) is -0.140. The van der Waals surface area contributed by atoms with Crippen LogP contribution in [0.25, 0.3) is 10.1 Å². The summed E-state index contributed by atoms with van der Waals surface area (Å²) < 4.78 is 21.6. The van der Waals surface area contributed by atoms with Crippen LogP contribution in [0.4, 0.5) is 5.69 Å². The van der Waals surface area contributed by atoms with Crippen molar-refractivity contribution in [2.75, 3.05) is 33.3 Å². The van der Waals surface area contributed by atoms with Crippen LogP contribution in [0.2, 0.25) is 0 Å². The van der Waals surface area contributed by atoms with Gasteiger partial charge in [-0.1, -0.05) is 0 Å². The molecule has 0 fully saturated rings. The Morgan fingerprint density at radius 2 is 1.68 bits per heavy atom. The summed E-state index contributed by atoms with van der Waals surface area (Å²) in [6.07, 6.45) is 0. The maximum Gasteiger partial charge on any atom is 0.351 e. The Hall–Kier alpha value is -3.26. The Morgan fingerprint density at radius 1 is 0.964 bits per heavy atom. The number of benzene rings is 2. The molecule has 0 aliphatic rings. The van der Waals surface area contributed by atoms with Crippen LogP contribution in [0.3, 0.4) is 0 Å². The second kappa shape index (κ2) is 8.62. The third-order valence-corrected chi connectivity index (χ3v) is 5.06. The van der Waals surface area contributed by atoms with Gasteiger partial charge in [-0.15, -0.1) is 11.3 Å². The van der Waals surface area contributed by atoms with Crippen LogP contribution in [-0.2, 0) is 9.53 Å². The van der Waals surface area contributed by atoms with Gasteiger partial charge in [0.1, 0.15) is 11.5 Å². The Morgan fingerprint density at radius 3 is 2.32 bits per heavy atom. The van der Waals surface area contributed by atoms with E-state index in [0.717, 1.165) is 10.1 Å². The zero-order valence-corrected chi connectivity index (χ0v) is 16.4. The molecular weight excluding hydrogens is 382 g/mol. The van der Waals surface area contributed by atoms with Crippen LogP contribution in [-0.4, -0.2) is 39.8 Å². The number of hydrogen-bond acceptors (Lipinski definition) is 7. The van der Waals surface area contributed by atoms with E-state index < -0.39 is 5.97 Å². The van der Waals surface area contributed by atoms with Crippen LogP contribution >= 0.6 is 11.3 Å². The van der Waals surface area contributed by atoms with Crippen molar-refractivity contribution in [3.8, 4) is 17.2 Å². The van der Waals surface area contributed by atoms with Crippen molar-refractivity contribution >= 4 is 39.0 Å². The zero-order valence-electron chi connectivity index (χ0n) is 15.6. The minimum atomic E-state index is -0.462. The summed E-state index contributed by atoms with van der Waals surface area (Å²) in [5.74, 6) is 0.932. The maximum absolute atomic E-state index is 12.2. The number of carbonyl (C=O) groups is 2. The molecule has 0 aliphatic heterocycles. The van der Waals surface area contributed by atoms with Crippen molar-refractivity contribution in [2.24, 2.45) is 0 Å². The molecule has 146 valence electrons. The number of rotatable bonds is 7. The summed E-state index contributed by atoms with van der Waals surface area (Å²) >= 11 is 1.27. The van der Waals surface area contributed by atoms with Gasteiger partial charge in [0.05, 0.1) is 21.3 Å². The molecule has 7 nitrogen and oxygen atoms in total. The number of thiophene rings is 1. The Kier molecular flexibility index (Phi) is 6.00. The molecule has 2 aromatic carbocycles. The molecule has 0 spiro atoms. The number of fused-ring (bicyclic) bond motifs is 1. The molecule has 0 saturated heterocycles. The molecule has 1 amide bonds. The largest absolute Gasteiger partial charge is 0.497 e. The van der Waals surface area contributed by atoms with Crippen LogP contribution in [0.1, 0.15) is 9.67 Å². The number of ether oxygens (including phenoxy) is 4. The molecule has 1 heterocycles. The standard InChI is InChI=1S/C20H19NO6S/c1-24-13-5-7-14(8-6-13)27-11-17(22)21-12-4-9-16-15(10-12)18(25-2)19(28-16)20(23)26-3/h4-10H,11H2,1-3H3,(H,21,22). The van der Waals surface area contributed by atoms with Crippen LogP contribution in [0, 0.1) is 0 Å². The van der Waals surface area contributed by atoms with E-state index in [4.69, 9.17) is 18.9 Å². The number of methoxy groups -OCH3 is 3. The van der Waals surface area contributed by atoms with Crippen molar-refractivity contribution < 1.29 is 28.5 Å². The minimum absolute atomic E-state index is 0.140. The predicted octanol–water partition coefficient (Wildman–Crippen LogP) is 3.72. The van der Waals surface area contributed by atoms with Gasteiger partial charge in [-0.05, 0) is 42.5 Å². The normalized spacial score (nSPS) is 10.4. The number of amides is 1. The molecule has 0 saturated carbocycles. The lowest BCUT2D eigenvalue weighted by molar-refractivity contribution is -0.118. The van der Waals surface area contributed by atoms with Gasteiger partial charge in [0, 0.05) is 15.8 Å². The second-order valence-corrected chi connectivity index (χ2v) is 6.73. The van der Waals surface area contributed by atoms with E-state index in [1.165, 1.54) is 25.6 Å². The lowest BCUT2D eigenvalue weighted by atomic mass is 10.2. The fourth-order valence-corrected chi connectivity index (χ4v) is 3.67. The monoisotopic (exact) mass is 401 g/mol. The molecule has 0 bridgehead atoms. The molecule has 8 heteroatoms. The first-order valence-electron chi connectivity index (χ1n) is 8.31. The van der Waals surface area contributed by atoms with E-state index in [-0.39, 0.29) is 12.5 Å². The highest BCUT2D eigenvalue weighted by Gasteiger charge is 2.20. The van der Waals surface area contributed by atoms with E-state index in [9.17, 15) is 9.59 Å². The van der Waals surface area contributed by atoms with E-state index in [1.807, 2.05) is 6.07 Å². The maximum atomic E-state index is 12.2. The van der Waals surface area contributed by atoms with Crippen molar-refractivity contribution in [2.45, 2.75) is 0 Å². The molecule has 3 aromatic rings. The van der Waals surface area contributed by atoms with Gasteiger partial charge in [-0.3, -0.25) is 4.79 Å². The second-order valence-electron chi connectivity index (χ2n) is 5.68. The van der Waals surface area contributed by atoms with Gasteiger partial charge >= 0.3 is 5.97 Å². The average Bonchev–Trinajstić information content (AvgIpc) is 3.09. The van der Waals surface area contributed by atoms with Gasteiger partial charge in [0.2, 0.25) is 0 Å². The van der Waals surface area contributed by atoms with Crippen LogP contribution in [0.5, 0.6) is 17.2 Å². The summed E-state index contributed by atoms with van der Waals surface area (Å²) in [5.41, 5.74) is 0.573. The summed E-state index contributed by atoms with van der Waals surface area (Å²) in [7, 11) is 4.39. The highest BCUT2D eigenvalue weighted by atomic mass is 32.1. The third kappa shape index (κ3) is 4.17. The lowest BCUT2D eigenvalue weighted by Gasteiger charge is -2.08. The molecule has 1 aromatic heterocycles. The molecule has 0 unspecified atom stereocenters. The van der Waals surface area contributed by atoms with Crippen molar-refractivity contribution in [1.29, 1.82) is 0 Å². The topological polar surface area (TPSA) is 83.1 Å². The Balaban J connectivity index is 1.70. The SMILES string of the molecule is COC(=O)c1sc2ccc(NC(=O)COc3ccc(OC)cc3)cc2c1OC. The first-order valence-corrected chi connectivity index (χ1v) is 9.13. The number of esters is 1. The number of nitrogens with one attached hydrogen (secondary N) is 1. The van der Waals surface area contributed by atoms with Gasteiger partial charge in [-0.25, -0.2) is 4.79 Å². The minimum Gasteiger partial charge on any atom is -0.497 e. The van der Waals surface area contributed by atoms with Gasteiger partial charge in [0.25, 0.3) is 5.91 Å². The summed E-state index contributed by atoms with van der Waals surface area (Å²) in [4.78, 5) is 24.5. The highest BCUT2D eigenvalue weighted by Crippen LogP contribution is 2.39. The van der Waals surface area contributed by atoms with Gasteiger partial charge in [-0.2, -0.15) is 0 Å². The first-order chi connectivity index (χ1) is 13.5. The number of carbonyl (C=O) groups excluding carboxylic acids is 2. The van der Waals surface area contributed by atoms with Gasteiger partial charge in [0.15, 0.2) is 17.2 Å². The van der Waals surface area contributed by atoms with E-state index in [2.05, 4.69) is 5.32 Å². The van der Waals surface area contributed by atoms with Crippen LogP contribution in [0.15, 0.2) is 42.5 Å². The summed E-state index contributed by atoms with van der Waals surface area (Å²) in [6, 6.07) is 12.3. The molecule has 0 aliphatic carbocycles. The lowest BCUT2D eigenvalue weighted by Crippen LogP contribution is -2.20. The number of hydrogen-bond donors (Lipinski definition) is 1. The smallest absolute Gasteiger partial charge is 0.351 e. The van der Waals surface area contributed by atoms with Crippen molar-refractivity contribution in [3.63, 3.8) is 0 Å². The molecule has 1 N–H and O–H groups in total. The van der Waals surface area contributed by atoms with Gasteiger partial charge < -0.3 is 24.3 Å². The van der Waals surface area contributed by atoms with E-state index >= 15 is 0 Å². The highest BCUT2D eigenvalue weighted by molar-refractivity contribution is 7.21. The average molecular weight is 401 g/mol. The third-order valence-electron chi connectivity index (χ3n) is 3.93. The molecule has 0 atom stereocenters. The zero-order chi connectivity index (χ0) is 20.1.